The molecular formula is C18H18N4O2S. The summed E-state index contributed by atoms with van der Waals surface area (Å²) in [6.45, 7) is 1.68. The molecule has 0 saturated carbocycles. The van der Waals surface area contributed by atoms with Crippen LogP contribution in [0.25, 0.3) is 11.1 Å². The van der Waals surface area contributed by atoms with Gasteiger partial charge in [0.2, 0.25) is 10.0 Å². The van der Waals surface area contributed by atoms with Crippen molar-refractivity contribution in [3.63, 3.8) is 0 Å². The van der Waals surface area contributed by atoms with Crippen molar-refractivity contribution in [2.75, 3.05) is 19.6 Å². The van der Waals surface area contributed by atoms with Crippen molar-refractivity contribution in [3.8, 4) is 17.3 Å². The lowest BCUT2D eigenvalue weighted by Crippen LogP contribution is -2.39. The van der Waals surface area contributed by atoms with Gasteiger partial charge in [0.05, 0.1) is 4.90 Å². The zero-order valence-electron chi connectivity index (χ0n) is 13.6. The molecule has 0 unspecified atom stereocenters. The molecule has 7 heteroatoms. The van der Waals surface area contributed by atoms with Crippen LogP contribution in [0.3, 0.4) is 0 Å². The minimum absolute atomic E-state index is 0.0948. The molecule has 4 rings (SSSR count). The van der Waals surface area contributed by atoms with Crippen LogP contribution < -0.4 is 0 Å². The summed E-state index contributed by atoms with van der Waals surface area (Å²) in [5.41, 5.74) is 1.89. The second kappa shape index (κ2) is 6.14. The van der Waals surface area contributed by atoms with Crippen LogP contribution in [0.4, 0.5) is 0 Å². The van der Waals surface area contributed by atoms with E-state index in [-0.39, 0.29) is 12.0 Å². The number of likely N-dealkylation sites (tertiary alicyclic amines) is 1. The predicted molar refractivity (Wildman–Crippen MR) is 92.6 cm³/mol. The number of sulfonamides is 1. The highest BCUT2D eigenvalue weighted by atomic mass is 32.2. The first-order valence-corrected chi connectivity index (χ1v) is 9.70. The number of nitrogens with zero attached hydrogens (tertiary/aromatic N) is 4. The van der Waals surface area contributed by atoms with Gasteiger partial charge >= 0.3 is 0 Å². The molecule has 2 aromatic rings. The van der Waals surface area contributed by atoms with Gasteiger partial charge < -0.3 is 4.90 Å². The van der Waals surface area contributed by atoms with Crippen LogP contribution in [-0.2, 0) is 10.0 Å². The summed E-state index contributed by atoms with van der Waals surface area (Å²) >= 11 is 0. The van der Waals surface area contributed by atoms with Crippen molar-refractivity contribution >= 4 is 10.0 Å². The SMILES string of the molecule is N#CN1C[C@H]2CCN(S(=O)(=O)c3ccc(-c4cccnc4)cc3)[C@H]2C1. The highest BCUT2D eigenvalue weighted by Crippen LogP contribution is 2.35. The van der Waals surface area contributed by atoms with Crippen LogP contribution in [0.1, 0.15) is 6.42 Å². The van der Waals surface area contributed by atoms with Crippen molar-refractivity contribution in [2.45, 2.75) is 17.4 Å². The molecule has 2 saturated heterocycles. The second-order valence-corrected chi connectivity index (χ2v) is 8.39. The number of rotatable bonds is 3. The summed E-state index contributed by atoms with van der Waals surface area (Å²) in [5, 5.41) is 9.07. The van der Waals surface area contributed by atoms with Crippen LogP contribution in [0, 0.1) is 17.4 Å². The van der Waals surface area contributed by atoms with Gasteiger partial charge in [-0.2, -0.15) is 9.57 Å². The number of nitriles is 1. The molecule has 1 aromatic carbocycles. The summed E-state index contributed by atoms with van der Waals surface area (Å²) in [6, 6.07) is 10.6. The smallest absolute Gasteiger partial charge is 0.243 e. The summed E-state index contributed by atoms with van der Waals surface area (Å²) < 4.78 is 27.6. The molecule has 0 spiro atoms. The molecule has 1 aromatic heterocycles. The van der Waals surface area contributed by atoms with E-state index in [1.807, 2.05) is 24.3 Å². The fourth-order valence-corrected chi connectivity index (χ4v) is 5.48. The molecule has 128 valence electrons. The monoisotopic (exact) mass is 354 g/mol. The van der Waals surface area contributed by atoms with E-state index in [9.17, 15) is 8.42 Å². The van der Waals surface area contributed by atoms with Gasteiger partial charge in [-0.3, -0.25) is 4.98 Å². The largest absolute Gasteiger partial charge is 0.309 e. The third kappa shape index (κ3) is 2.77. The average Bonchev–Trinajstić information content (AvgIpc) is 3.22. The van der Waals surface area contributed by atoms with Crippen molar-refractivity contribution in [1.29, 1.82) is 5.26 Å². The zero-order chi connectivity index (χ0) is 17.4. The van der Waals surface area contributed by atoms with Gasteiger partial charge in [-0.25, -0.2) is 8.42 Å². The maximum atomic E-state index is 13.0. The van der Waals surface area contributed by atoms with Crippen molar-refractivity contribution in [2.24, 2.45) is 5.92 Å². The number of benzene rings is 1. The van der Waals surface area contributed by atoms with Crippen LogP contribution >= 0.6 is 0 Å². The molecule has 2 aliphatic heterocycles. The van der Waals surface area contributed by atoms with Gasteiger partial charge in [-0.15, -0.1) is 0 Å². The van der Waals surface area contributed by atoms with Crippen LogP contribution in [0.15, 0.2) is 53.7 Å². The van der Waals surface area contributed by atoms with Gasteiger partial charge in [0, 0.05) is 38.1 Å². The molecule has 0 bridgehead atoms. The minimum Gasteiger partial charge on any atom is -0.309 e. The highest BCUT2D eigenvalue weighted by molar-refractivity contribution is 7.89. The maximum Gasteiger partial charge on any atom is 0.243 e. The molecule has 0 amide bonds. The molecular weight excluding hydrogens is 336 g/mol. The molecule has 2 aliphatic rings. The Morgan fingerprint density at radius 3 is 2.60 bits per heavy atom. The quantitative estimate of drug-likeness (QED) is 0.787. The van der Waals surface area contributed by atoms with E-state index in [0.29, 0.717) is 24.5 Å². The summed E-state index contributed by atoms with van der Waals surface area (Å²) in [7, 11) is -3.54. The Morgan fingerprint density at radius 1 is 1.12 bits per heavy atom. The lowest BCUT2D eigenvalue weighted by molar-refractivity contribution is 0.360. The van der Waals surface area contributed by atoms with Gasteiger partial charge in [0.25, 0.3) is 0 Å². The maximum absolute atomic E-state index is 13.0. The number of hydrogen-bond acceptors (Lipinski definition) is 5. The summed E-state index contributed by atoms with van der Waals surface area (Å²) in [4.78, 5) is 6.05. The molecule has 3 heterocycles. The molecule has 0 radical (unpaired) electrons. The lowest BCUT2D eigenvalue weighted by Gasteiger charge is -2.23. The van der Waals surface area contributed by atoms with Crippen molar-refractivity contribution in [1.82, 2.24) is 14.2 Å². The number of hydrogen-bond donors (Lipinski definition) is 0. The number of aromatic nitrogens is 1. The normalized spacial score (nSPS) is 23.4. The van der Waals surface area contributed by atoms with E-state index in [1.165, 1.54) is 0 Å². The first kappa shape index (κ1) is 16.1. The molecule has 0 aliphatic carbocycles. The first-order valence-electron chi connectivity index (χ1n) is 8.26. The van der Waals surface area contributed by atoms with Crippen molar-refractivity contribution < 1.29 is 8.42 Å². The van der Waals surface area contributed by atoms with E-state index in [4.69, 9.17) is 5.26 Å². The average molecular weight is 354 g/mol. The van der Waals surface area contributed by atoms with Gasteiger partial charge in [-0.05, 0) is 41.7 Å². The topological polar surface area (TPSA) is 77.3 Å². The van der Waals surface area contributed by atoms with E-state index in [2.05, 4.69) is 11.2 Å². The fourth-order valence-electron chi connectivity index (χ4n) is 3.79. The Bertz CT molecular complexity index is 906. The minimum atomic E-state index is -3.54. The van der Waals surface area contributed by atoms with Crippen LogP contribution in [-0.4, -0.2) is 48.3 Å². The molecule has 2 fully saturated rings. The molecule has 0 N–H and O–H groups in total. The van der Waals surface area contributed by atoms with Crippen LogP contribution in [0.5, 0.6) is 0 Å². The summed E-state index contributed by atoms with van der Waals surface area (Å²) in [5.74, 6) is 0.254. The Labute approximate surface area is 147 Å². The van der Waals surface area contributed by atoms with Crippen LogP contribution in [0.2, 0.25) is 0 Å². The molecule has 2 atom stereocenters. The third-order valence-corrected chi connectivity index (χ3v) is 7.03. The lowest BCUT2D eigenvalue weighted by atomic mass is 10.1. The molecule has 25 heavy (non-hydrogen) atoms. The predicted octanol–water partition coefficient (Wildman–Crippen LogP) is 1.92. The van der Waals surface area contributed by atoms with E-state index >= 15 is 0 Å². The zero-order valence-corrected chi connectivity index (χ0v) is 14.4. The van der Waals surface area contributed by atoms with Gasteiger partial charge in [0.1, 0.15) is 0 Å². The fraction of sp³-hybridized carbons (Fsp3) is 0.333. The molecule has 6 nitrogen and oxygen atoms in total. The van der Waals surface area contributed by atoms with E-state index in [1.54, 1.807) is 33.7 Å². The first-order chi connectivity index (χ1) is 12.1. The summed E-state index contributed by atoms with van der Waals surface area (Å²) in [6.07, 6.45) is 6.41. The Balaban J connectivity index is 1.60. The Morgan fingerprint density at radius 2 is 1.92 bits per heavy atom. The Kier molecular flexibility index (Phi) is 3.94. The number of fused-ring (bicyclic) bond motifs is 1. The third-order valence-electron chi connectivity index (χ3n) is 5.09. The Hall–Kier alpha value is -2.43. The van der Waals surface area contributed by atoms with E-state index < -0.39 is 10.0 Å². The van der Waals surface area contributed by atoms with E-state index in [0.717, 1.165) is 17.5 Å². The number of pyridine rings is 1. The second-order valence-electron chi connectivity index (χ2n) is 6.50. The van der Waals surface area contributed by atoms with Gasteiger partial charge in [-0.1, -0.05) is 18.2 Å². The van der Waals surface area contributed by atoms with Gasteiger partial charge in [0.15, 0.2) is 6.19 Å². The highest BCUT2D eigenvalue weighted by Gasteiger charge is 2.46. The standard InChI is InChI=1S/C18H18N4O2S/c19-13-21-11-16-7-9-22(18(16)12-21)25(23,24)17-5-3-14(4-6-17)15-2-1-8-20-10-15/h1-6,8,10,16,18H,7,9,11-12H2/t16-,18+/m1/s1. The van der Waals surface area contributed by atoms with Crippen molar-refractivity contribution in [3.05, 3.63) is 48.8 Å².